The van der Waals surface area contributed by atoms with E-state index in [-0.39, 0.29) is 18.6 Å². The summed E-state index contributed by atoms with van der Waals surface area (Å²) >= 11 is 0. The van der Waals surface area contributed by atoms with Gasteiger partial charge in [0.15, 0.2) is 0 Å². The van der Waals surface area contributed by atoms with Gasteiger partial charge in [0.25, 0.3) is 5.91 Å². The van der Waals surface area contributed by atoms with Crippen molar-refractivity contribution in [3.63, 3.8) is 0 Å². The molecule has 1 heterocycles. The highest BCUT2D eigenvalue weighted by Gasteiger charge is 2.34. The maximum atomic E-state index is 11.4. The Kier molecular flexibility index (Phi) is 3.27. The molecule has 1 aliphatic heterocycles. The minimum atomic E-state index is -0.959. The van der Waals surface area contributed by atoms with E-state index < -0.39 is 6.10 Å². The molecule has 1 amide bonds. The second-order valence-electron chi connectivity index (χ2n) is 3.72. The first-order valence-electron chi connectivity index (χ1n) is 4.67. The van der Waals surface area contributed by atoms with Crippen molar-refractivity contribution in [2.45, 2.75) is 32.4 Å². The fourth-order valence-electron chi connectivity index (χ4n) is 1.80. The van der Waals surface area contributed by atoms with Gasteiger partial charge in [-0.15, -0.1) is 0 Å². The van der Waals surface area contributed by atoms with Crippen molar-refractivity contribution in [1.82, 2.24) is 4.90 Å². The summed E-state index contributed by atoms with van der Waals surface area (Å²) in [4.78, 5) is 13.0. The van der Waals surface area contributed by atoms with Crippen molar-refractivity contribution < 1.29 is 15.0 Å². The van der Waals surface area contributed by atoms with Crippen molar-refractivity contribution >= 4 is 5.91 Å². The maximum Gasteiger partial charge on any atom is 0.251 e. The fourth-order valence-corrected chi connectivity index (χ4v) is 1.80. The number of likely N-dealkylation sites (tertiary alicyclic amines) is 1. The van der Waals surface area contributed by atoms with Crippen LogP contribution in [-0.4, -0.2) is 46.3 Å². The van der Waals surface area contributed by atoms with E-state index in [9.17, 15) is 4.79 Å². The average Bonchev–Trinajstić information content (AvgIpc) is 2.45. The number of aliphatic hydroxyl groups excluding tert-OH is 2. The van der Waals surface area contributed by atoms with Crippen molar-refractivity contribution in [3.05, 3.63) is 0 Å². The molecule has 1 rings (SSSR count). The minimum absolute atomic E-state index is 0.0143. The van der Waals surface area contributed by atoms with Crippen LogP contribution in [0.1, 0.15) is 20.3 Å². The Hall–Kier alpha value is -0.610. The molecule has 3 atom stereocenters. The number of carbonyl (C=O) groups is 1. The van der Waals surface area contributed by atoms with Crippen LogP contribution in [0.25, 0.3) is 0 Å². The predicted octanol–water partition coefficient (Wildman–Crippen LogP) is -0.404. The predicted molar refractivity (Wildman–Crippen MR) is 48.0 cm³/mol. The zero-order chi connectivity index (χ0) is 10.0. The highest BCUT2D eigenvalue weighted by Crippen LogP contribution is 2.23. The van der Waals surface area contributed by atoms with Crippen molar-refractivity contribution in [3.8, 4) is 0 Å². The summed E-state index contributed by atoms with van der Waals surface area (Å²) in [5, 5.41) is 18.2. The normalized spacial score (nSPS) is 30.6. The van der Waals surface area contributed by atoms with Crippen LogP contribution in [0.4, 0.5) is 0 Å². The largest absolute Gasteiger partial charge is 0.394 e. The zero-order valence-corrected chi connectivity index (χ0v) is 8.10. The molecule has 0 aromatic heterocycles. The van der Waals surface area contributed by atoms with Gasteiger partial charge in [-0.3, -0.25) is 4.79 Å². The second-order valence-corrected chi connectivity index (χ2v) is 3.72. The molecule has 0 aromatic carbocycles. The molecule has 4 nitrogen and oxygen atoms in total. The third kappa shape index (κ3) is 2.00. The van der Waals surface area contributed by atoms with Crippen molar-refractivity contribution in [2.75, 3.05) is 13.2 Å². The molecule has 1 aliphatic rings. The Morgan fingerprint density at radius 2 is 2.31 bits per heavy atom. The highest BCUT2D eigenvalue weighted by molar-refractivity contribution is 5.80. The number of amides is 1. The molecular formula is C9H17NO3. The SMILES string of the molecule is CC1CCN(C(=O)[C@@H](C)O)C1CO. The van der Waals surface area contributed by atoms with Gasteiger partial charge in [0.2, 0.25) is 0 Å². The summed E-state index contributed by atoms with van der Waals surface area (Å²) in [5.41, 5.74) is 0. The fraction of sp³-hybridized carbons (Fsp3) is 0.889. The van der Waals surface area contributed by atoms with E-state index in [2.05, 4.69) is 0 Å². The smallest absolute Gasteiger partial charge is 0.251 e. The summed E-state index contributed by atoms with van der Waals surface area (Å²) in [6, 6.07) is -0.109. The number of aliphatic hydroxyl groups is 2. The van der Waals surface area contributed by atoms with E-state index in [1.54, 1.807) is 4.90 Å². The van der Waals surface area contributed by atoms with Crippen LogP contribution >= 0.6 is 0 Å². The third-order valence-electron chi connectivity index (χ3n) is 2.71. The maximum absolute atomic E-state index is 11.4. The lowest BCUT2D eigenvalue weighted by molar-refractivity contribution is -0.141. The molecule has 1 saturated heterocycles. The van der Waals surface area contributed by atoms with Gasteiger partial charge in [-0.05, 0) is 19.3 Å². The lowest BCUT2D eigenvalue weighted by Crippen LogP contribution is -2.44. The van der Waals surface area contributed by atoms with Gasteiger partial charge in [0.1, 0.15) is 6.10 Å². The number of nitrogens with zero attached hydrogens (tertiary/aromatic N) is 1. The van der Waals surface area contributed by atoms with Gasteiger partial charge in [0, 0.05) is 6.54 Å². The third-order valence-corrected chi connectivity index (χ3v) is 2.71. The van der Waals surface area contributed by atoms with Crippen molar-refractivity contribution in [2.24, 2.45) is 5.92 Å². The Balaban J connectivity index is 2.65. The lowest BCUT2D eigenvalue weighted by atomic mass is 10.0. The molecule has 2 N–H and O–H groups in total. The Labute approximate surface area is 78.2 Å². The van der Waals surface area contributed by atoms with Gasteiger partial charge in [0.05, 0.1) is 12.6 Å². The molecule has 0 aliphatic carbocycles. The van der Waals surface area contributed by atoms with Gasteiger partial charge >= 0.3 is 0 Å². The topological polar surface area (TPSA) is 60.8 Å². The van der Waals surface area contributed by atoms with E-state index in [1.165, 1.54) is 6.92 Å². The molecule has 76 valence electrons. The number of rotatable bonds is 2. The molecule has 1 fully saturated rings. The Bertz CT molecular complexity index is 193. The van der Waals surface area contributed by atoms with Crippen molar-refractivity contribution in [1.29, 1.82) is 0 Å². The number of hydrogen-bond acceptors (Lipinski definition) is 3. The second kappa shape index (κ2) is 4.07. The van der Waals surface area contributed by atoms with Crippen LogP contribution in [0, 0.1) is 5.92 Å². The quantitative estimate of drug-likeness (QED) is 0.618. The van der Waals surface area contributed by atoms with Gasteiger partial charge in [-0.1, -0.05) is 6.92 Å². The van der Waals surface area contributed by atoms with E-state index in [0.717, 1.165) is 6.42 Å². The van der Waals surface area contributed by atoms with Crippen LogP contribution in [0.3, 0.4) is 0 Å². The molecule has 0 spiro atoms. The van der Waals surface area contributed by atoms with Crippen LogP contribution < -0.4 is 0 Å². The summed E-state index contributed by atoms with van der Waals surface area (Å²) in [7, 11) is 0. The molecule has 0 aromatic rings. The first-order chi connectivity index (χ1) is 6.07. The van der Waals surface area contributed by atoms with E-state index in [0.29, 0.717) is 12.5 Å². The Morgan fingerprint density at radius 3 is 2.77 bits per heavy atom. The monoisotopic (exact) mass is 187 g/mol. The van der Waals surface area contributed by atoms with Gasteiger partial charge in [-0.25, -0.2) is 0 Å². The van der Waals surface area contributed by atoms with Gasteiger partial charge in [-0.2, -0.15) is 0 Å². The minimum Gasteiger partial charge on any atom is -0.394 e. The summed E-state index contributed by atoms with van der Waals surface area (Å²) < 4.78 is 0. The first kappa shape index (κ1) is 10.5. The molecule has 0 radical (unpaired) electrons. The standard InChI is InChI=1S/C9H17NO3/c1-6-3-4-10(8(6)5-11)9(13)7(2)12/h6-8,11-12H,3-5H2,1-2H3/t6?,7-,8?/m1/s1. The van der Waals surface area contributed by atoms with Crippen LogP contribution in [0.5, 0.6) is 0 Å². The highest BCUT2D eigenvalue weighted by atomic mass is 16.3. The van der Waals surface area contributed by atoms with Crippen LogP contribution in [-0.2, 0) is 4.79 Å². The first-order valence-corrected chi connectivity index (χ1v) is 4.67. The lowest BCUT2D eigenvalue weighted by Gasteiger charge is -2.26. The number of hydrogen-bond donors (Lipinski definition) is 2. The molecule has 2 unspecified atom stereocenters. The summed E-state index contributed by atoms with van der Waals surface area (Å²) in [6.45, 7) is 4.10. The van der Waals surface area contributed by atoms with Gasteiger partial charge < -0.3 is 15.1 Å². The van der Waals surface area contributed by atoms with E-state index in [4.69, 9.17) is 10.2 Å². The molecule has 4 heteroatoms. The molecule has 13 heavy (non-hydrogen) atoms. The van der Waals surface area contributed by atoms with E-state index >= 15 is 0 Å². The molecule has 0 bridgehead atoms. The van der Waals surface area contributed by atoms with Crippen LogP contribution in [0.2, 0.25) is 0 Å². The summed E-state index contributed by atoms with van der Waals surface area (Å²) in [6.07, 6.45) is -0.0525. The summed E-state index contributed by atoms with van der Waals surface area (Å²) in [5.74, 6) is 0.0519. The number of carbonyl (C=O) groups excluding carboxylic acids is 1. The van der Waals surface area contributed by atoms with Crippen LogP contribution in [0.15, 0.2) is 0 Å². The van der Waals surface area contributed by atoms with E-state index in [1.807, 2.05) is 6.92 Å². The molecular weight excluding hydrogens is 170 g/mol. The Morgan fingerprint density at radius 1 is 1.69 bits per heavy atom. The zero-order valence-electron chi connectivity index (χ0n) is 8.10. The molecule has 0 saturated carbocycles. The average molecular weight is 187 g/mol.